The van der Waals surface area contributed by atoms with Crippen molar-refractivity contribution in [3.63, 3.8) is 0 Å². The molecule has 3 amide bonds. The van der Waals surface area contributed by atoms with Crippen LogP contribution in [0.2, 0.25) is 0 Å². The molecule has 21 nitrogen and oxygen atoms in total. The van der Waals surface area contributed by atoms with Gasteiger partial charge in [-0.15, -0.1) is 40.5 Å². The van der Waals surface area contributed by atoms with Crippen molar-refractivity contribution in [2.45, 2.75) is 188 Å². The number of hydrogen-bond donors (Lipinski definition) is 2. The van der Waals surface area contributed by atoms with Gasteiger partial charge in [-0.2, -0.15) is 15.0 Å². The average Bonchev–Trinajstić information content (AvgIpc) is 0.812. The van der Waals surface area contributed by atoms with E-state index in [4.69, 9.17) is 32.2 Å². The second-order valence-corrected chi connectivity index (χ2v) is 28.2. The number of halogens is 2. The minimum absolute atomic E-state index is 0. The van der Waals surface area contributed by atoms with Gasteiger partial charge < -0.3 is 24.7 Å². The minimum Gasteiger partial charge on any atom is -0.473 e. The summed E-state index contributed by atoms with van der Waals surface area (Å²) in [6.07, 6.45) is -0.785. The van der Waals surface area contributed by atoms with Gasteiger partial charge in [0.25, 0.3) is 22.9 Å². The fourth-order valence-corrected chi connectivity index (χ4v) is 12.1. The van der Waals surface area contributed by atoms with E-state index in [9.17, 15) is 38.4 Å². The molecule has 3 N–H and O–H groups in total. The number of nitrogens with two attached hydrogens (primary N) is 1. The summed E-state index contributed by atoms with van der Waals surface area (Å²) in [6, 6.07) is 89.3. The number of carbonyl (C=O) groups excluding carboxylic acids is 6. The summed E-state index contributed by atoms with van der Waals surface area (Å²) in [5, 5.41) is 12.9. The van der Waals surface area contributed by atoms with Crippen LogP contribution in [0.15, 0.2) is 293 Å². The van der Waals surface area contributed by atoms with Crippen LogP contribution in [0.5, 0.6) is 11.8 Å². The van der Waals surface area contributed by atoms with E-state index in [1.54, 1.807) is 48.6 Å². The Balaban J connectivity index is 0.00000147. The average molecular weight is 1860 g/mol. The zero-order valence-electron chi connectivity index (χ0n) is 77.8. The van der Waals surface area contributed by atoms with Crippen LogP contribution in [0.1, 0.15) is 179 Å². The Labute approximate surface area is 781 Å². The number of benzene rings is 10. The monoisotopic (exact) mass is 1860 g/mol. The van der Waals surface area contributed by atoms with Gasteiger partial charge >= 0.3 is 11.9 Å². The van der Waals surface area contributed by atoms with Gasteiger partial charge in [-0.3, -0.25) is 57.8 Å². The molecule has 10 aromatic carbocycles. The lowest BCUT2D eigenvalue weighted by molar-refractivity contribution is -0.144. The quantitative estimate of drug-likeness (QED) is 0.0236. The van der Waals surface area contributed by atoms with Crippen LogP contribution in [-0.4, -0.2) is 89.0 Å². The highest BCUT2D eigenvalue weighted by atomic mass is 79.9. The van der Waals surface area contributed by atoms with Crippen LogP contribution in [0.25, 0.3) is 27.2 Å². The molecule has 0 saturated carbocycles. The molecule has 128 heavy (non-hydrogen) atoms. The second-order valence-electron chi connectivity index (χ2n) is 25.4. The molecular formula is C103H129BrClN9O12S2. The number of amidine groups is 1. The summed E-state index contributed by atoms with van der Waals surface area (Å²) in [5.74, 6) is 1.91. The molecule has 0 bridgehead atoms. The number of amides is 3. The molecular weight excluding hydrogens is 1730 g/mol. The lowest BCUT2D eigenvalue weighted by Crippen LogP contribution is -2.39. The number of hydrogen-bond acceptors (Lipinski definition) is 18. The molecule has 0 saturated heterocycles. The number of methoxy groups -OCH3 is 2. The van der Waals surface area contributed by atoms with Crippen molar-refractivity contribution in [1.29, 1.82) is 5.41 Å². The number of aromatic nitrogens is 4. The van der Waals surface area contributed by atoms with Crippen molar-refractivity contribution < 1.29 is 47.7 Å². The lowest BCUT2D eigenvalue weighted by Gasteiger charge is -2.24. The SMILES string of the molecule is Br.CC.CC.CC.CC.CC.CC.CC(=N)SCc1ccc2ccccc2c1.CC1=NC(=O)CC(=O)N1Cc1ccccc1.COC(=O)CC(=O)Cl.COC(=O)CC(=O)N=C(C)SCc1ccc2ccccc2c1.Cc1c(OCc2ccccc2)nc(C)n(Cc2ccccc2)c1=O.Cc1nc(OCc2ccccc2)cc(=O)n1-c1ccccc1.NCc1ccccc1. The first kappa shape index (κ1) is 116. The van der Waals surface area contributed by atoms with Crippen molar-refractivity contribution in [3.8, 4) is 17.4 Å². The highest BCUT2D eigenvalue weighted by Gasteiger charge is 2.25. The van der Waals surface area contributed by atoms with Gasteiger partial charge in [0.2, 0.25) is 22.9 Å². The van der Waals surface area contributed by atoms with Gasteiger partial charge in [0.1, 0.15) is 50.0 Å². The van der Waals surface area contributed by atoms with Crippen molar-refractivity contribution in [2.75, 3.05) is 14.2 Å². The number of para-hydroxylation sites is 1. The van der Waals surface area contributed by atoms with Gasteiger partial charge in [0.15, 0.2) is 0 Å². The zero-order valence-corrected chi connectivity index (χ0v) is 81.9. The highest BCUT2D eigenvalue weighted by Crippen LogP contribution is 2.23. The smallest absolute Gasteiger partial charge is 0.315 e. The maximum absolute atomic E-state index is 12.7. The zero-order chi connectivity index (χ0) is 94.9. The largest absolute Gasteiger partial charge is 0.473 e. The van der Waals surface area contributed by atoms with E-state index < -0.39 is 23.1 Å². The van der Waals surface area contributed by atoms with E-state index in [1.165, 1.54) is 75.2 Å². The van der Waals surface area contributed by atoms with Gasteiger partial charge in [0.05, 0.1) is 54.7 Å². The number of nitrogens with zero attached hydrogens (tertiary/aromatic N) is 7. The van der Waals surface area contributed by atoms with Crippen molar-refractivity contribution in [3.05, 3.63) is 350 Å². The third-order valence-electron chi connectivity index (χ3n) is 16.6. The number of ether oxygens (including phenoxy) is 4. The summed E-state index contributed by atoms with van der Waals surface area (Å²) in [7, 11) is 2.45. The molecule has 12 aromatic rings. The number of carbonyl (C=O) groups is 6. The predicted molar refractivity (Wildman–Crippen MR) is 538 cm³/mol. The van der Waals surface area contributed by atoms with Crippen LogP contribution in [0.3, 0.4) is 0 Å². The van der Waals surface area contributed by atoms with E-state index in [0.29, 0.717) is 77.7 Å². The van der Waals surface area contributed by atoms with E-state index in [2.05, 4.69) is 102 Å². The maximum Gasteiger partial charge on any atom is 0.315 e. The standard InChI is InChI=1S/C20H20N2O2.C18H16N2O2.C17H17NO3S.C13H13NS.C12H12N2O2.C7H9N.C4H5ClO3.6C2H6.BrH/c1-15-19(24-14-18-11-7-4-8-12-18)21-16(2)22(20(15)23)13-17-9-5-3-6-10-17;1-14-19-17(22-13-15-8-4-2-5-9-15)12-18(21)20(14)16-10-6-3-7-11-16;1-12(18-16(19)10-17(20)21-2)22-11-13-7-8-14-5-3-4-6-15(14)9-13;1-10(14)15-9-11-6-7-12-4-2-3-5-13(12)8-11;1-9-13-11(15)7-12(16)14(9)8-10-5-3-2-4-6-10;8-6-7-4-2-1-3-5-7;1-8-4(7)2-3(5)6;6*1-2;/h3-12H,13-14H2,1-2H3;2-12H,13H2,1H3;3-9H,10-11H2,1-2H3;2-8,14H,9H2,1H3;2-6H,7-8H2,1H3;1-5H,6,8H2;2H2,1H3;6*1-2H3;1H. The third-order valence-corrected chi connectivity index (χ3v) is 18.7. The second kappa shape index (κ2) is 70.1. The number of esters is 2. The van der Waals surface area contributed by atoms with Crippen molar-refractivity contribution >= 4 is 124 Å². The molecule has 3 heterocycles. The number of aryl methyl sites for hydroxylation is 2. The topological polar surface area (TPSA) is 287 Å². The third kappa shape index (κ3) is 45.9. The Morgan fingerprint density at radius 3 is 1.27 bits per heavy atom. The molecule has 1 aliphatic rings. The molecule has 0 atom stereocenters. The van der Waals surface area contributed by atoms with Crippen LogP contribution in [0.4, 0.5) is 0 Å². The number of aliphatic imine (C=N–C) groups is 2. The summed E-state index contributed by atoms with van der Waals surface area (Å²) in [4.78, 5) is 108. The Bertz CT molecular complexity index is 5390. The Morgan fingerprint density at radius 1 is 0.469 bits per heavy atom. The first-order chi connectivity index (χ1) is 61.5. The van der Waals surface area contributed by atoms with E-state index in [-0.39, 0.29) is 59.2 Å². The molecule has 25 heteroatoms. The summed E-state index contributed by atoms with van der Waals surface area (Å²) in [5.41, 5.74) is 14.3. The molecule has 13 rings (SSSR count). The first-order valence-electron chi connectivity index (χ1n) is 42.4. The predicted octanol–water partition coefficient (Wildman–Crippen LogP) is 23.8. The van der Waals surface area contributed by atoms with E-state index >= 15 is 0 Å². The van der Waals surface area contributed by atoms with Gasteiger partial charge in [-0.25, -0.2) is 4.99 Å². The highest BCUT2D eigenvalue weighted by molar-refractivity contribution is 8.93. The van der Waals surface area contributed by atoms with Gasteiger partial charge in [-0.1, -0.05) is 338 Å². The molecule has 0 unspecified atom stereocenters. The number of thioether (sulfide) groups is 2. The fraction of sp³-hybridized carbons (Fsp3) is 0.291. The Morgan fingerprint density at radius 2 is 0.867 bits per heavy atom. The summed E-state index contributed by atoms with van der Waals surface area (Å²) in [6.45, 7) is 37.1. The molecule has 0 radical (unpaired) electrons. The maximum atomic E-state index is 12.7. The molecule has 684 valence electrons. The van der Waals surface area contributed by atoms with E-state index in [0.717, 1.165) is 39.4 Å². The summed E-state index contributed by atoms with van der Waals surface area (Å²) >= 11 is 7.87. The molecule has 2 aromatic heterocycles. The van der Waals surface area contributed by atoms with Crippen molar-refractivity contribution in [1.82, 2.24) is 24.0 Å². The number of nitrogens with one attached hydrogen (secondary N) is 1. The number of fused-ring (bicyclic) bond motifs is 2. The van der Waals surface area contributed by atoms with Crippen LogP contribution < -0.4 is 26.3 Å². The minimum atomic E-state index is -0.697. The van der Waals surface area contributed by atoms with E-state index in [1.807, 2.05) is 291 Å². The van der Waals surface area contributed by atoms with Crippen LogP contribution >= 0.6 is 52.1 Å². The Hall–Kier alpha value is -12.1. The van der Waals surface area contributed by atoms with Crippen LogP contribution in [-0.2, 0) is 82.6 Å². The molecule has 0 aliphatic carbocycles. The lowest BCUT2D eigenvalue weighted by atomic mass is 10.1. The fourth-order valence-electron chi connectivity index (χ4n) is 10.8. The molecule has 0 fully saturated rings. The van der Waals surface area contributed by atoms with Crippen LogP contribution in [0, 0.1) is 26.2 Å². The number of rotatable bonds is 20. The molecule has 0 spiro atoms. The Kier molecular flexibility index (Phi) is 63.5. The van der Waals surface area contributed by atoms with Crippen molar-refractivity contribution in [2.24, 2.45) is 15.7 Å². The molecule has 1 aliphatic heterocycles. The normalized spacial score (nSPS) is 10.4. The summed E-state index contributed by atoms with van der Waals surface area (Å²) < 4.78 is 23.2. The van der Waals surface area contributed by atoms with Gasteiger partial charge in [0, 0.05) is 18.1 Å². The first-order valence-corrected chi connectivity index (χ1v) is 44.8. The van der Waals surface area contributed by atoms with Gasteiger partial charge in [-0.05, 0) is 126 Å².